The number of carbonyl (C=O) groups is 1. The number of unbranched alkanes of at least 4 members (excludes halogenated alkanes) is 8. The molecule has 7 heteroatoms. The minimum atomic E-state index is 0.223. The predicted molar refractivity (Wildman–Crippen MR) is 144 cm³/mol. The molecule has 0 bridgehead atoms. The second kappa shape index (κ2) is 15.4. The van der Waals surface area contributed by atoms with Crippen molar-refractivity contribution in [3.05, 3.63) is 40.7 Å². The highest BCUT2D eigenvalue weighted by Gasteiger charge is 2.22. The van der Waals surface area contributed by atoms with Crippen molar-refractivity contribution in [2.75, 3.05) is 24.5 Å². The summed E-state index contributed by atoms with van der Waals surface area (Å²) in [4.78, 5) is 19.3. The molecule has 0 unspecified atom stereocenters. The Morgan fingerprint density at radius 3 is 2.35 bits per heavy atom. The van der Waals surface area contributed by atoms with Crippen LogP contribution in [0, 0.1) is 5.92 Å². The van der Waals surface area contributed by atoms with Crippen molar-refractivity contribution in [3.8, 4) is 0 Å². The van der Waals surface area contributed by atoms with Gasteiger partial charge >= 0.3 is 0 Å². The Hall–Kier alpha value is -1.66. The molecule has 1 saturated heterocycles. The van der Waals surface area contributed by atoms with Crippen LogP contribution in [0.1, 0.15) is 95.4 Å². The Labute approximate surface area is 214 Å². The molecule has 5 nitrogen and oxygen atoms in total. The van der Waals surface area contributed by atoms with Crippen molar-refractivity contribution < 1.29 is 4.79 Å². The van der Waals surface area contributed by atoms with Crippen LogP contribution in [0.5, 0.6) is 0 Å². The summed E-state index contributed by atoms with van der Waals surface area (Å²) in [5.74, 6) is 1.65. The molecular formula is C27H41ClN4OS. The lowest BCUT2D eigenvalue weighted by Crippen LogP contribution is -2.38. The van der Waals surface area contributed by atoms with E-state index in [2.05, 4.69) is 21.5 Å². The van der Waals surface area contributed by atoms with Crippen LogP contribution in [-0.2, 0) is 11.2 Å². The molecule has 2 aromatic rings. The summed E-state index contributed by atoms with van der Waals surface area (Å²) in [5.41, 5.74) is 1.17. The fourth-order valence-electron chi connectivity index (χ4n) is 4.50. The van der Waals surface area contributed by atoms with Gasteiger partial charge in [0.05, 0.1) is 0 Å². The molecule has 1 aliphatic rings. The molecule has 0 radical (unpaired) electrons. The average Bonchev–Trinajstić information content (AvgIpc) is 3.32. The van der Waals surface area contributed by atoms with Gasteiger partial charge in [-0.2, -0.15) is 4.37 Å². The van der Waals surface area contributed by atoms with Crippen LogP contribution in [0.4, 0.5) is 5.13 Å². The lowest BCUT2D eigenvalue weighted by atomic mass is 9.97. The third-order valence-electron chi connectivity index (χ3n) is 6.71. The summed E-state index contributed by atoms with van der Waals surface area (Å²) in [6, 6.07) is 7.87. The third kappa shape index (κ3) is 9.91. The Kier molecular flexibility index (Phi) is 12.2. The number of rotatable bonds is 15. The summed E-state index contributed by atoms with van der Waals surface area (Å²) in [6.45, 7) is 5.03. The summed E-state index contributed by atoms with van der Waals surface area (Å²) in [5, 5.41) is 4.93. The molecule has 1 aliphatic heterocycles. The molecule has 1 amide bonds. The largest absolute Gasteiger partial charge is 0.356 e. The van der Waals surface area contributed by atoms with Gasteiger partial charge in [-0.15, -0.1) is 0 Å². The number of hydrogen-bond acceptors (Lipinski definition) is 5. The maximum atomic E-state index is 12.2. The number of hydrogen-bond donors (Lipinski definition) is 1. The molecular weight excluding hydrogens is 464 g/mol. The third-order valence-corrected chi connectivity index (χ3v) is 7.78. The summed E-state index contributed by atoms with van der Waals surface area (Å²) in [6.07, 6.45) is 15.2. The number of aromatic nitrogens is 2. The molecule has 2 heterocycles. The van der Waals surface area contributed by atoms with E-state index in [1.54, 1.807) is 0 Å². The van der Waals surface area contributed by atoms with Crippen molar-refractivity contribution in [2.45, 2.75) is 90.4 Å². The second-order valence-electron chi connectivity index (χ2n) is 9.61. The number of amides is 1. The SMILES string of the molecule is CCCCCCCCCCCC(=O)NCC1CCN(c2nc(Cc3ccc(Cl)cc3)ns2)CC1. The molecule has 34 heavy (non-hydrogen) atoms. The van der Waals surface area contributed by atoms with Crippen molar-refractivity contribution in [3.63, 3.8) is 0 Å². The van der Waals surface area contributed by atoms with Crippen LogP contribution in [0.2, 0.25) is 5.02 Å². The zero-order valence-electron chi connectivity index (χ0n) is 20.7. The van der Waals surface area contributed by atoms with Crippen LogP contribution in [-0.4, -0.2) is 34.9 Å². The summed E-state index contributed by atoms with van der Waals surface area (Å²) in [7, 11) is 0. The van der Waals surface area contributed by atoms with Crippen LogP contribution >= 0.6 is 23.1 Å². The van der Waals surface area contributed by atoms with Crippen LogP contribution < -0.4 is 10.2 Å². The first-order valence-electron chi connectivity index (χ1n) is 13.2. The minimum absolute atomic E-state index is 0.223. The Morgan fingerprint density at radius 1 is 1.03 bits per heavy atom. The van der Waals surface area contributed by atoms with E-state index in [1.807, 2.05) is 24.3 Å². The summed E-state index contributed by atoms with van der Waals surface area (Å²) >= 11 is 7.45. The molecule has 0 aliphatic carbocycles. The number of halogens is 1. The molecule has 1 fully saturated rings. The van der Waals surface area contributed by atoms with E-state index >= 15 is 0 Å². The molecule has 1 aromatic carbocycles. The lowest BCUT2D eigenvalue weighted by molar-refractivity contribution is -0.121. The van der Waals surface area contributed by atoms with Gasteiger partial charge in [0.25, 0.3) is 0 Å². The van der Waals surface area contributed by atoms with Gasteiger partial charge in [-0.1, -0.05) is 82.0 Å². The maximum Gasteiger partial charge on any atom is 0.220 e. The maximum absolute atomic E-state index is 12.2. The smallest absolute Gasteiger partial charge is 0.220 e. The number of benzene rings is 1. The zero-order valence-corrected chi connectivity index (χ0v) is 22.3. The summed E-state index contributed by atoms with van der Waals surface area (Å²) < 4.78 is 4.55. The van der Waals surface area contributed by atoms with Gasteiger partial charge in [-0.3, -0.25) is 4.79 Å². The quantitative estimate of drug-likeness (QED) is 0.264. The zero-order chi connectivity index (χ0) is 24.0. The fourth-order valence-corrected chi connectivity index (χ4v) is 5.36. The fraction of sp³-hybridized carbons (Fsp3) is 0.667. The van der Waals surface area contributed by atoms with E-state index in [0.29, 0.717) is 12.3 Å². The van der Waals surface area contributed by atoms with Crippen LogP contribution in [0.3, 0.4) is 0 Å². The highest BCUT2D eigenvalue weighted by molar-refractivity contribution is 7.09. The Balaban J connectivity index is 1.24. The number of carbonyl (C=O) groups excluding carboxylic acids is 1. The van der Waals surface area contributed by atoms with Gasteiger partial charge in [-0.05, 0) is 42.9 Å². The molecule has 1 aromatic heterocycles. The van der Waals surface area contributed by atoms with Crippen molar-refractivity contribution in [1.29, 1.82) is 0 Å². The van der Waals surface area contributed by atoms with Crippen molar-refractivity contribution >= 4 is 34.2 Å². The normalized spacial score (nSPS) is 14.5. The van der Waals surface area contributed by atoms with E-state index in [0.717, 1.165) is 61.3 Å². The lowest BCUT2D eigenvalue weighted by Gasteiger charge is -2.31. The van der Waals surface area contributed by atoms with Crippen molar-refractivity contribution in [1.82, 2.24) is 14.7 Å². The van der Waals surface area contributed by atoms with E-state index < -0.39 is 0 Å². The number of nitrogens with zero attached hydrogens (tertiary/aromatic N) is 3. The van der Waals surface area contributed by atoms with Gasteiger partial charge in [-0.25, -0.2) is 4.98 Å². The van der Waals surface area contributed by atoms with E-state index in [4.69, 9.17) is 16.6 Å². The monoisotopic (exact) mass is 504 g/mol. The van der Waals surface area contributed by atoms with Gasteiger partial charge in [0.1, 0.15) is 5.82 Å². The standard InChI is InChI=1S/C27H41ClN4OS/c1-2-3-4-5-6-7-8-9-10-11-26(33)29-21-23-16-18-32(19-17-23)27-30-25(31-34-27)20-22-12-14-24(28)15-13-22/h12-15,23H,2-11,16-21H2,1H3,(H,29,33). The van der Waals surface area contributed by atoms with Gasteiger partial charge in [0.15, 0.2) is 0 Å². The average molecular weight is 505 g/mol. The van der Waals surface area contributed by atoms with Gasteiger partial charge < -0.3 is 10.2 Å². The molecule has 188 valence electrons. The highest BCUT2D eigenvalue weighted by Crippen LogP contribution is 2.25. The number of anilines is 1. The second-order valence-corrected chi connectivity index (χ2v) is 10.8. The number of piperidine rings is 1. The Bertz CT molecular complexity index is 833. The first-order chi connectivity index (χ1) is 16.6. The molecule has 3 rings (SSSR count). The first-order valence-corrected chi connectivity index (χ1v) is 14.4. The predicted octanol–water partition coefficient (Wildman–Crippen LogP) is 7.04. The highest BCUT2D eigenvalue weighted by atomic mass is 35.5. The van der Waals surface area contributed by atoms with Crippen LogP contribution in [0.25, 0.3) is 0 Å². The van der Waals surface area contributed by atoms with E-state index in [-0.39, 0.29) is 5.91 Å². The molecule has 0 atom stereocenters. The molecule has 1 N–H and O–H groups in total. The number of nitrogens with one attached hydrogen (secondary N) is 1. The van der Waals surface area contributed by atoms with Crippen molar-refractivity contribution in [2.24, 2.45) is 5.92 Å². The van der Waals surface area contributed by atoms with E-state index in [1.165, 1.54) is 68.5 Å². The van der Waals surface area contributed by atoms with Gasteiger partial charge in [0, 0.05) is 49.0 Å². The van der Waals surface area contributed by atoms with Crippen LogP contribution in [0.15, 0.2) is 24.3 Å². The first kappa shape index (κ1) is 26.9. The molecule has 0 saturated carbocycles. The van der Waals surface area contributed by atoms with Gasteiger partial charge in [0.2, 0.25) is 11.0 Å². The minimum Gasteiger partial charge on any atom is -0.356 e. The Morgan fingerprint density at radius 2 is 1.68 bits per heavy atom. The topological polar surface area (TPSA) is 58.1 Å². The van der Waals surface area contributed by atoms with E-state index in [9.17, 15) is 4.79 Å². The molecule has 0 spiro atoms.